The third-order valence-electron chi connectivity index (χ3n) is 7.50. The topological polar surface area (TPSA) is 16.4 Å². The van der Waals surface area contributed by atoms with E-state index in [9.17, 15) is 0 Å². The Labute approximate surface area is 215 Å². The van der Waals surface area contributed by atoms with Crippen LogP contribution in [0.1, 0.15) is 25.0 Å². The Balaban J connectivity index is 1.51. The minimum absolute atomic E-state index is 0.0900. The summed E-state index contributed by atoms with van der Waals surface area (Å²) in [6.45, 7) is 4.62. The van der Waals surface area contributed by atoms with Crippen molar-refractivity contribution in [2.24, 2.45) is 0 Å². The molecule has 5 aromatic carbocycles. The summed E-state index contributed by atoms with van der Waals surface area (Å²) < 4.78 is 6.45. The number of nitrogens with zero attached hydrogens (tertiary/aromatic N) is 1. The Morgan fingerprint density at radius 1 is 0.639 bits per heavy atom. The summed E-state index contributed by atoms with van der Waals surface area (Å²) in [6, 6.07) is 38.1. The Hall–Kier alpha value is -4.01. The van der Waals surface area contributed by atoms with Crippen molar-refractivity contribution in [1.29, 1.82) is 0 Å². The minimum Gasteiger partial charge on any atom is -0.454 e. The predicted molar refractivity (Wildman–Crippen MR) is 151 cm³/mol. The van der Waals surface area contributed by atoms with Crippen LogP contribution in [0.15, 0.2) is 114 Å². The van der Waals surface area contributed by atoms with Gasteiger partial charge in [-0.15, -0.1) is 0 Å². The molecular formula is C33H24ClNO. The molecule has 0 radical (unpaired) electrons. The maximum atomic E-state index is 6.73. The van der Waals surface area contributed by atoms with E-state index in [0.29, 0.717) is 5.02 Å². The van der Waals surface area contributed by atoms with E-state index in [2.05, 4.69) is 91.5 Å². The first kappa shape index (κ1) is 21.3. The van der Waals surface area contributed by atoms with E-state index in [0.717, 1.165) is 39.0 Å². The molecule has 0 N–H and O–H groups in total. The van der Waals surface area contributed by atoms with Crippen molar-refractivity contribution in [2.75, 3.05) is 4.90 Å². The number of para-hydroxylation sites is 2. The van der Waals surface area contributed by atoms with Crippen molar-refractivity contribution in [3.63, 3.8) is 0 Å². The molecule has 0 unspecified atom stereocenters. The molecule has 0 atom stereocenters. The van der Waals surface area contributed by atoms with Gasteiger partial charge in [-0.25, -0.2) is 0 Å². The number of fused-ring (bicyclic) bond motifs is 6. The van der Waals surface area contributed by atoms with Gasteiger partial charge in [-0.05, 0) is 64.7 Å². The van der Waals surface area contributed by atoms with Crippen molar-refractivity contribution in [3.05, 3.63) is 125 Å². The van der Waals surface area contributed by atoms with Gasteiger partial charge < -0.3 is 9.32 Å². The minimum atomic E-state index is -0.0900. The van der Waals surface area contributed by atoms with Gasteiger partial charge in [0.1, 0.15) is 5.58 Å². The average Bonchev–Trinajstić information content (AvgIpc) is 3.38. The lowest BCUT2D eigenvalue weighted by Gasteiger charge is -2.28. The van der Waals surface area contributed by atoms with Gasteiger partial charge in [0.2, 0.25) is 0 Å². The molecule has 174 valence electrons. The van der Waals surface area contributed by atoms with Crippen molar-refractivity contribution in [3.8, 4) is 11.1 Å². The zero-order valence-corrected chi connectivity index (χ0v) is 20.9. The number of furan rings is 1. The van der Waals surface area contributed by atoms with Gasteiger partial charge in [0, 0.05) is 32.6 Å². The van der Waals surface area contributed by atoms with Gasteiger partial charge in [0.05, 0.1) is 5.69 Å². The first-order valence-electron chi connectivity index (χ1n) is 12.2. The quantitative estimate of drug-likeness (QED) is 0.248. The maximum absolute atomic E-state index is 6.73. The predicted octanol–water partition coefficient (Wildman–Crippen LogP) is 10.0. The first-order valence-corrected chi connectivity index (χ1v) is 12.6. The molecule has 1 aliphatic carbocycles. The van der Waals surface area contributed by atoms with E-state index >= 15 is 0 Å². The Morgan fingerprint density at radius 3 is 2.22 bits per heavy atom. The molecule has 1 aliphatic rings. The van der Waals surface area contributed by atoms with E-state index in [-0.39, 0.29) is 5.41 Å². The number of hydrogen-bond acceptors (Lipinski definition) is 2. The Morgan fingerprint density at radius 2 is 1.36 bits per heavy atom. The monoisotopic (exact) mass is 485 g/mol. The molecule has 0 bridgehead atoms. The highest BCUT2D eigenvalue weighted by Gasteiger charge is 2.35. The summed E-state index contributed by atoms with van der Waals surface area (Å²) in [5.41, 5.74) is 9.95. The SMILES string of the molecule is CC1(C)c2ccccc2-c2ccc(N(c3ccccc3)c3cc(Cl)cc4c3oc3ccccc34)cc21. The largest absolute Gasteiger partial charge is 0.454 e. The molecular weight excluding hydrogens is 462 g/mol. The van der Waals surface area contributed by atoms with Gasteiger partial charge in [0.15, 0.2) is 5.58 Å². The Bertz CT molecular complexity index is 1780. The van der Waals surface area contributed by atoms with Crippen LogP contribution < -0.4 is 4.90 Å². The number of benzene rings is 5. The summed E-state index contributed by atoms with van der Waals surface area (Å²) in [5.74, 6) is 0. The van der Waals surface area contributed by atoms with Crippen molar-refractivity contribution < 1.29 is 4.42 Å². The van der Waals surface area contributed by atoms with E-state index < -0.39 is 0 Å². The fourth-order valence-corrected chi connectivity index (χ4v) is 5.99. The standard InChI is InChI=1S/C33H24ClNO/c1-33(2)28-14-8-6-12-24(28)25-17-16-23(20-29(25)33)35(22-10-4-3-5-11-22)30-19-21(34)18-27-26-13-7-9-15-31(26)36-32(27)30/h3-20H,1-2H3. The third kappa shape index (κ3) is 3.04. The van der Waals surface area contributed by atoms with E-state index in [1.165, 1.54) is 22.3 Å². The zero-order valence-electron chi connectivity index (χ0n) is 20.1. The molecule has 0 spiro atoms. The van der Waals surface area contributed by atoms with Crippen molar-refractivity contribution in [1.82, 2.24) is 0 Å². The van der Waals surface area contributed by atoms with Gasteiger partial charge in [-0.3, -0.25) is 0 Å². The summed E-state index contributed by atoms with van der Waals surface area (Å²) in [7, 11) is 0. The van der Waals surface area contributed by atoms with Crippen LogP contribution in [0, 0.1) is 0 Å². The Kier molecular flexibility index (Phi) is 4.58. The van der Waals surface area contributed by atoms with Crippen LogP contribution in [0.4, 0.5) is 17.1 Å². The van der Waals surface area contributed by atoms with E-state index in [1.807, 2.05) is 36.4 Å². The van der Waals surface area contributed by atoms with Gasteiger partial charge >= 0.3 is 0 Å². The lowest BCUT2D eigenvalue weighted by molar-refractivity contribution is 0.660. The highest BCUT2D eigenvalue weighted by Crippen LogP contribution is 2.51. The number of anilines is 3. The molecule has 0 fully saturated rings. The average molecular weight is 486 g/mol. The van der Waals surface area contributed by atoms with Crippen LogP contribution >= 0.6 is 11.6 Å². The molecule has 0 saturated carbocycles. The van der Waals surface area contributed by atoms with Crippen molar-refractivity contribution >= 4 is 50.6 Å². The number of rotatable bonds is 3. The van der Waals surface area contributed by atoms with Gasteiger partial charge in [-0.1, -0.05) is 92.2 Å². The lowest BCUT2D eigenvalue weighted by atomic mass is 9.82. The second-order valence-corrected chi connectivity index (χ2v) is 10.4. The summed E-state index contributed by atoms with van der Waals surface area (Å²) in [4.78, 5) is 2.26. The van der Waals surface area contributed by atoms with Gasteiger partial charge in [0.25, 0.3) is 0 Å². The molecule has 1 aromatic heterocycles. The highest BCUT2D eigenvalue weighted by atomic mass is 35.5. The highest BCUT2D eigenvalue weighted by molar-refractivity contribution is 6.32. The molecule has 0 amide bonds. The smallest absolute Gasteiger partial charge is 0.159 e. The molecule has 7 rings (SSSR count). The second-order valence-electron chi connectivity index (χ2n) is 9.97. The van der Waals surface area contributed by atoms with Crippen LogP contribution in [0.3, 0.4) is 0 Å². The maximum Gasteiger partial charge on any atom is 0.159 e. The molecule has 1 heterocycles. The van der Waals surface area contributed by atoms with Crippen LogP contribution in [-0.2, 0) is 5.41 Å². The van der Waals surface area contributed by atoms with Crippen molar-refractivity contribution in [2.45, 2.75) is 19.3 Å². The molecule has 3 heteroatoms. The summed E-state index contributed by atoms with van der Waals surface area (Å²) >= 11 is 6.73. The molecule has 0 aliphatic heterocycles. The summed E-state index contributed by atoms with van der Waals surface area (Å²) in [6.07, 6.45) is 0. The van der Waals surface area contributed by atoms with Gasteiger partial charge in [-0.2, -0.15) is 0 Å². The first-order chi connectivity index (χ1) is 17.5. The number of hydrogen-bond donors (Lipinski definition) is 0. The zero-order chi connectivity index (χ0) is 24.4. The normalized spacial score (nSPS) is 13.6. The molecule has 0 saturated heterocycles. The lowest BCUT2D eigenvalue weighted by Crippen LogP contribution is -2.16. The fourth-order valence-electron chi connectivity index (χ4n) is 5.78. The van der Waals surface area contributed by atoms with E-state index in [4.69, 9.17) is 16.0 Å². The third-order valence-corrected chi connectivity index (χ3v) is 7.72. The van der Waals surface area contributed by atoms with Crippen LogP contribution in [0.2, 0.25) is 5.02 Å². The van der Waals surface area contributed by atoms with Crippen LogP contribution in [0.25, 0.3) is 33.1 Å². The summed E-state index contributed by atoms with van der Waals surface area (Å²) in [5, 5.41) is 2.76. The second kappa shape index (κ2) is 7.74. The van der Waals surface area contributed by atoms with Crippen LogP contribution in [-0.4, -0.2) is 0 Å². The van der Waals surface area contributed by atoms with Crippen LogP contribution in [0.5, 0.6) is 0 Å². The molecule has 36 heavy (non-hydrogen) atoms. The molecule has 2 nitrogen and oxygen atoms in total. The number of halogens is 1. The molecule has 6 aromatic rings. The van der Waals surface area contributed by atoms with E-state index in [1.54, 1.807) is 0 Å². The fraction of sp³-hybridized carbons (Fsp3) is 0.0909.